The fourth-order valence-corrected chi connectivity index (χ4v) is 3.33. The molecule has 0 radical (unpaired) electrons. The summed E-state index contributed by atoms with van der Waals surface area (Å²) in [5.74, 6) is 0.874. The van der Waals surface area contributed by atoms with E-state index in [4.69, 9.17) is 9.47 Å². The third kappa shape index (κ3) is 4.96. The minimum atomic E-state index is 0.0766. The van der Waals surface area contributed by atoms with Gasteiger partial charge in [0.25, 0.3) is 0 Å². The highest BCUT2D eigenvalue weighted by Crippen LogP contribution is 2.23. The second kappa shape index (κ2) is 9.28. The number of rotatable bonds is 9. The highest BCUT2D eigenvalue weighted by Gasteiger charge is 2.21. The van der Waals surface area contributed by atoms with Crippen LogP contribution in [0.25, 0.3) is 0 Å². The van der Waals surface area contributed by atoms with Crippen LogP contribution in [0, 0.1) is 0 Å². The Morgan fingerprint density at radius 3 is 2.52 bits per heavy atom. The van der Waals surface area contributed by atoms with Crippen LogP contribution in [0.4, 0.5) is 0 Å². The van der Waals surface area contributed by atoms with Crippen molar-refractivity contribution in [2.75, 3.05) is 13.3 Å². The topological polar surface area (TPSA) is 51.9 Å². The minimum absolute atomic E-state index is 0.0766. The lowest BCUT2D eigenvalue weighted by atomic mass is 10.1. The summed E-state index contributed by atoms with van der Waals surface area (Å²) in [5.41, 5.74) is 3.53. The minimum Gasteiger partial charge on any atom is -0.493 e. The zero-order valence-electron chi connectivity index (χ0n) is 16.6. The largest absolute Gasteiger partial charge is 0.493 e. The molecular weight excluding hydrogens is 364 g/mol. The molecule has 0 amide bonds. The van der Waals surface area contributed by atoms with Gasteiger partial charge in [0.05, 0.1) is 6.61 Å². The van der Waals surface area contributed by atoms with Gasteiger partial charge in [0.2, 0.25) is 0 Å². The van der Waals surface area contributed by atoms with Gasteiger partial charge in [-0.2, -0.15) is 0 Å². The van der Waals surface area contributed by atoms with Crippen LogP contribution in [0.2, 0.25) is 0 Å². The maximum atomic E-state index is 5.90. The lowest BCUT2D eigenvalue weighted by Gasteiger charge is -2.26. The molecule has 1 aliphatic rings. The summed E-state index contributed by atoms with van der Waals surface area (Å²) < 4.78 is 13.3. The summed E-state index contributed by atoms with van der Waals surface area (Å²) in [6, 6.07) is 16.5. The van der Waals surface area contributed by atoms with Crippen LogP contribution in [0.5, 0.6) is 5.75 Å². The van der Waals surface area contributed by atoms with Crippen molar-refractivity contribution in [3.05, 3.63) is 83.9 Å². The molecule has 6 nitrogen and oxygen atoms in total. The molecule has 1 atom stereocenters. The first-order chi connectivity index (χ1) is 14.3. The van der Waals surface area contributed by atoms with E-state index in [9.17, 15) is 0 Å². The van der Waals surface area contributed by atoms with Crippen molar-refractivity contribution >= 4 is 6.40 Å². The Kier molecular flexibility index (Phi) is 6.10. The van der Waals surface area contributed by atoms with Gasteiger partial charge in [0.1, 0.15) is 11.9 Å². The molecule has 1 aromatic carbocycles. The third-order valence-corrected chi connectivity index (χ3v) is 5.06. The molecule has 0 saturated carbocycles. The molecule has 0 N–H and O–H groups in total. The highest BCUT2D eigenvalue weighted by atomic mass is 16.5. The number of pyridine rings is 1. The average molecular weight is 390 g/mol. The fraction of sp³-hybridized carbons (Fsp3) is 0.304. The molecule has 4 rings (SSSR count). The molecule has 29 heavy (non-hydrogen) atoms. The van der Waals surface area contributed by atoms with Gasteiger partial charge in [0.15, 0.2) is 13.1 Å². The van der Waals surface area contributed by atoms with Crippen molar-refractivity contribution in [3.63, 3.8) is 0 Å². The maximum Gasteiger partial charge on any atom is 0.195 e. The van der Waals surface area contributed by atoms with Crippen LogP contribution in [-0.2, 0) is 24.0 Å². The average Bonchev–Trinajstić information content (AvgIpc) is 3.48. The number of benzene rings is 1. The zero-order valence-corrected chi connectivity index (χ0v) is 16.6. The quantitative estimate of drug-likeness (QED) is 0.553. The van der Waals surface area contributed by atoms with E-state index in [-0.39, 0.29) is 6.17 Å². The van der Waals surface area contributed by atoms with Gasteiger partial charge in [-0.15, -0.1) is 5.10 Å². The lowest BCUT2D eigenvalue weighted by Crippen LogP contribution is -2.28. The Bertz CT molecular complexity index is 905. The molecular formula is C23H26N4O2. The second-order valence-electron chi connectivity index (χ2n) is 7.02. The smallest absolute Gasteiger partial charge is 0.195 e. The molecule has 3 heterocycles. The van der Waals surface area contributed by atoms with Crippen LogP contribution < -0.4 is 4.74 Å². The number of hydrogen-bond acceptors (Lipinski definition) is 5. The fourth-order valence-electron chi connectivity index (χ4n) is 3.33. The van der Waals surface area contributed by atoms with Crippen molar-refractivity contribution in [2.45, 2.75) is 32.4 Å². The SMILES string of the molecule is CCc1ccc(CCOc2ccc(C[C@H](N3COC=N3)n3cccc3)cc2)nc1. The Hall–Kier alpha value is -3.28. The molecule has 0 bridgehead atoms. The summed E-state index contributed by atoms with van der Waals surface area (Å²) in [6.07, 6.45) is 10.3. The molecule has 2 aromatic heterocycles. The molecule has 6 heteroatoms. The van der Waals surface area contributed by atoms with Crippen LogP contribution in [0.15, 0.2) is 72.2 Å². The zero-order chi connectivity index (χ0) is 19.9. The van der Waals surface area contributed by atoms with Gasteiger partial charge in [0, 0.05) is 37.1 Å². The number of hydrazone groups is 1. The highest BCUT2D eigenvalue weighted by molar-refractivity contribution is 5.47. The van der Waals surface area contributed by atoms with Crippen molar-refractivity contribution in [2.24, 2.45) is 5.10 Å². The van der Waals surface area contributed by atoms with Crippen molar-refractivity contribution in [1.29, 1.82) is 0 Å². The molecule has 1 aliphatic heterocycles. The van der Waals surface area contributed by atoms with E-state index in [1.54, 1.807) is 0 Å². The van der Waals surface area contributed by atoms with Gasteiger partial charge in [-0.25, -0.2) is 5.01 Å². The molecule has 3 aromatic rings. The van der Waals surface area contributed by atoms with Crippen LogP contribution in [0.1, 0.15) is 29.9 Å². The lowest BCUT2D eigenvalue weighted by molar-refractivity contribution is 0.0844. The molecule has 0 spiro atoms. The number of ether oxygens (including phenoxy) is 2. The van der Waals surface area contributed by atoms with Gasteiger partial charge in [-0.05, 0) is 47.9 Å². The Morgan fingerprint density at radius 1 is 1.07 bits per heavy atom. The Balaban J connectivity index is 1.32. The van der Waals surface area contributed by atoms with E-state index in [0.717, 1.165) is 30.7 Å². The summed E-state index contributed by atoms with van der Waals surface area (Å²) in [5, 5.41) is 6.27. The van der Waals surface area contributed by atoms with Gasteiger partial charge in [-0.1, -0.05) is 25.1 Å². The number of hydrogen-bond donors (Lipinski definition) is 0. The number of aryl methyl sites for hydroxylation is 1. The standard InChI is InChI=1S/C23H26N4O2/c1-2-19-5-8-21(24-16-19)11-14-29-22-9-6-20(7-10-22)15-23(26-12-3-4-13-26)27-18-28-17-25-27/h3-10,12-13,16-17,23H,2,11,14-15,18H2,1H3/t23-/m0/s1. The van der Waals surface area contributed by atoms with Gasteiger partial charge < -0.3 is 14.0 Å². The van der Waals surface area contributed by atoms with Crippen LogP contribution in [-0.4, -0.2) is 34.3 Å². The van der Waals surface area contributed by atoms with E-state index in [1.807, 2.05) is 35.5 Å². The van der Waals surface area contributed by atoms with Crippen LogP contribution in [0.3, 0.4) is 0 Å². The third-order valence-electron chi connectivity index (χ3n) is 5.06. The molecule has 0 unspecified atom stereocenters. The molecule has 150 valence electrons. The maximum absolute atomic E-state index is 5.90. The van der Waals surface area contributed by atoms with Crippen molar-refractivity contribution < 1.29 is 9.47 Å². The van der Waals surface area contributed by atoms with Gasteiger partial charge in [-0.3, -0.25) is 4.98 Å². The molecule has 0 fully saturated rings. The predicted octanol–water partition coefficient (Wildman–Crippen LogP) is 4.04. The summed E-state index contributed by atoms with van der Waals surface area (Å²) in [4.78, 5) is 4.48. The predicted molar refractivity (Wildman–Crippen MR) is 113 cm³/mol. The van der Waals surface area contributed by atoms with Crippen LogP contribution >= 0.6 is 0 Å². The summed E-state index contributed by atoms with van der Waals surface area (Å²) >= 11 is 0. The van der Waals surface area contributed by atoms with Gasteiger partial charge >= 0.3 is 0 Å². The summed E-state index contributed by atoms with van der Waals surface area (Å²) in [7, 11) is 0. The van der Waals surface area contributed by atoms with E-state index in [2.05, 4.69) is 58.2 Å². The van der Waals surface area contributed by atoms with E-state index >= 15 is 0 Å². The van der Waals surface area contributed by atoms with E-state index in [0.29, 0.717) is 13.3 Å². The first-order valence-corrected chi connectivity index (χ1v) is 10.0. The first kappa shape index (κ1) is 19.1. The normalized spacial score (nSPS) is 14.0. The Labute approximate surface area is 171 Å². The first-order valence-electron chi connectivity index (χ1n) is 10.0. The monoisotopic (exact) mass is 390 g/mol. The number of aromatic nitrogens is 2. The van der Waals surface area contributed by atoms with E-state index in [1.165, 1.54) is 17.5 Å². The molecule has 0 aliphatic carbocycles. The van der Waals surface area contributed by atoms with Crippen molar-refractivity contribution in [3.8, 4) is 5.75 Å². The Morgan fingerprint density at radius 2 is 1.86 bits per heavy atom. The summed E-state index contributed by atoms with van der Waals surface area (Å²) in [6.45, 7) is 3.22. The van der Waals surface area contributed by atoms with Crippen molar-refractivity contribution in [1.82, 2.24) is 14.6 Å². The second-order valence-corrected chi connectivity index (χ2v) is 7.02. The number of nitrogens with zero attached hydrogens (tertiary/aromatic N) is 4. The molecule has 0 saturated heterocycles. The van der Waals surface area contributed by atoms with E-state index < -0.39 is 0 Å².